The van der Waals surface area contributed by atoms with Gasteiger partial charge < -0.3 is 5.32 Å². The van der Waals surface area contributed by atoms with Crippen LogP contribution in [0.25, 0.3) is 5.69 Å². The van der Waals surface area contributed by atoms with E-state index in [4.69, 9.17) is 0 Å². The number of hydrogen-bond acceptors (Lipinski definition) is 3. The number of para-hydroxylation sites is 1. The van der Waals surface area contributed by atoms with Crippen LogP contribution in [-0.2, 0) is 11.3 Å². The third kappa shape index (κ3) is 4.63. The normalized spacial score (nSPS) is 11.0. The third-order valence-electron chi connectivity index (χ3n) is 4.62. The van der Waals surface area contributed by atoms with Crippen LogP contribution in [0.1, 0.15) is 23.9 Å². The van der Waals surface area contributed by atoms with Crippen molar-refractivity contribution in [2.45, 2.75) is 27.3 Å². The molecule has 3 rings (SSSR count). The Kier molecular flexibility index (Phi) is 6.04. The zero-order valence-electron chi connectivity index (χ0n) is 16.1. The van der Waals surface area contributed by atoms with E-state index in [0.717, 1.165) is 35.9 Å². The van der Waals surface area contributed by atoms with E-state index in [2.05, 4.69) is 34.4 Å². The second-order valence-corrected chi connectivity index (χ2v) is 6.63. The van der Waals surface area contributed by atoms with Gasteiger partial charge in [0.25, 0.3) is 0 Å². The van der Waals surface area contributed by atoms with Gasteiger partial charge in [0.1, 0.15) is 0 Å². The topological polar surface area (TPSA) is 50.2 Å². The van der Waals surface area contributed by atoms with Crippen molar-refractivity contribution in [3.05, 3.63) is 77.6 Å². The first-order valence-electron chi connectivity index (χ1n) is 9.26. The van der Waals surface area contributed by atoms with Crippen LogP contribution in [0.4, 0.5) is 5.69 Å². The predicted molar refractivity (Wildman–Crippen MR) is 109 cm³/mol. The number of carbonyl (C=O) groups excluding carboxylic acids is 1. The van der Waals surface area contributed by atoms with Crippen molar-refractivity contribution in [1.29, 1.82) is 0 Å². The molecular formula is C22H26N4O. The Balaban J connectivity index is 1.69. The van der Waals surface area contributed by atoms with Crippen LogP contribution in [0.3, 0.4) is 0 Å². The maximum Gasteiger partial charge on any atom is 0.238 e. The van der Waals surface area contributed by atoms with Gasteiger partial charge >= 0.3 is 0 Å². The molecule has 5 nitrogen and oxygen atoms in total. The van der Waals surface area contributed by atoms with Crippen molar-refractivity contribution in [2.24, 2.45) is 0 Å². The number of nitrogens with one attached hydrogen (secondary N) is 1. The minimum Gasteiger partial charge on any atom is -0.322 e. The molecule has 0 aliphatic rings. The van der Waals surface area contributed by atoms with E-state index in [1.165, 1.54) is 5.56 Å². The molecule has 0 saturated carbocycles. The first-order valence-corrected chi connectivity index (χ1v) is 9.26. The van der Waals surface area contributed by atoms with E-state index in [9.17, 15) is 4.79 Å². The molecule has 0 spiro atoms. The molecule has 0 saturated heterocycles. The Bertz CT molecular complexity index is 887. The second-order valence-electron chi connectivity index (χ2n) is 6.63. The molecule has 140 valence electrons. The van der Waals surface area contributed by atoms with Crippen LogP contribution in [-0.4, -0.2) is 33.7 Å². The van der Waals surface area contributed by atoms with Gasteiger partial charge in [-0.1, -0.05) is 55.5 Å². The van der Waals surface area contributed by atoms with E-state index >= 15 is 0 Å². The molecule has 27 heavy (non-hydrogen) atoms. The lowest BCUT2D eigenvalue weighted by Crippen LogP contribution is -2.33. The van der Waals surface area contributed by atoms with E-state index in [0.29, 0.717) is 6.54 Å². The summed E-state index contributed by atoms with van der Waals surface area (Å²) in [6, 6.07) is 20.2. The lowest BCUT2D eigenvalue weighted by molar-refractivity contribution is -0.117. The number of rotatable bonds is 7. The third-order valence-corrected chi connectivity index (χ3v) is 4.62. The number of amides is 1. The van der Waals surface area contributed by atoms with Crippen molar-refractivity contribution < 1.29 is 4.79 Å². The van der Waals surface area contributed by atoms with E-state index < -0.39 is 0 Å². The standard InChI is InChI=1S/C22H26N4O/c1-4-25(15-19-11-7-5-8-12-19)16-21(27)23-22-17(2)24-26(18(22)3)20-13-9-6-10-14-20/h5-14H,4,15-16H2,1-3H3,(H,23,27). The molecule has 0 aliphatic carbocycles. The number of anilines is 1. The van der Waals surface area contributed by atoms with Crippen molar-refractivity contribution in [2.75, 3.05) is 18.4 Å². The summed E-state index contributed by atoms with van der Waals surface area (Å²) in [7, 11) is 0. The molecule has 0 radical (unpaired) electrons. The first kappa shape index (κ1) is 18.9. The second kappa shape index (κ2) is 8.64. The van der Waals surface area contributed by atoms with E-state index in [1.807, 2.05) is 67.1 Å². The highest BCUT2D eigenvalue weighted by Gasteiger charge is 2.16. The molecule has 1 amide bonds. The highest BCUT2D eigenvalue weighted by atomic mass is 16.2. The van der Waals surface area contributed by atoms with Crippen molar-refractivity contribution in [3.63, 3.8) is 0 Å². The zero-order valence-corrected chi connectivity index (χ0v) is 16.1. The summed E-state index contributed by atoms with van der Waals surface area (Å²) >= 11 is 0. The maximum absolute atomic E-state index is 12.6. The fourth-order valence-corrected chi connectivity index (χ4v) is 3.15. The minimum atomic E-state index is -0.0217. The summed E-state index contributed by atoms with van der Waals surface area (Å²) in [5.74, 6) is -0.0217. The smallest absolute Gasteiger partial charge is 0.238 e. The average Bonchev–Trinajstić information content (AvgIpc) is 2.97. The van der Waals surface area contributed by atoms with Gasteiger partial charge in [0.05, 0.1) is 29.3 Å². The molecule has 1 N–H and O–H groups in total. The molecular weight excluding hydrogens is 336 g/mol. The number of benzene rings is 2. The van der Waals surface area contributed by atoms with Gasteiger partial charge in [0.2, 0.25) is 5.91 Å². The van der Waals surface area contributed by atoms with Crippen molar-refractivity contribution in [3.8, 4) is 5.69 Å². The zero-order chi connectivity index (χ0) is 19.2. The van der Waals surface area contributed by atoms with Crippen LogP contribution >= 0.6 is 0 Å². The number of aromatic nitrogens is 2. The molecule has 0 bridgehead atoms. The molecule has 1 heterocycles. The van der Waals surface area contributed by atoms with Crippen LogP contribution in [0.5, 0.6) is 0 Å². The van der Waals surface area contributed by atoms with E-state index in [1.54, 1.807) is 0 Å². The number of likely N-dealkylation sites (N-methyl/N-ethyl adjacent to an activating group) is 1. The van der Waals surface area contributed by atoms with Gasteiger partial charge in [-0.05, 0) is 38.1 Å². The summed E-state index contributed by atoms with van der Waals surface area (Å²) < 4.78 is 1.87. The van der Waals surface area contributed by atoms with Crippen LogP contribution < -0.4 is 5.32 Å². The molecule has 0 atom stereocenters. The molecule has 5 heteroatoms. The van der Waals surface area contributed by atoms with Gasteiger partial charge in [-0.2, -0.15) is 5.10 Å². The fraction of sp³-hybridized carbons (Fsp3) is 0.273. The largest absolute Gasteiger partial charge is 0.322 e. The number of carbonyl (C=O) groups is 1. The first-order chi connectivity index (χ1) is 13.1. The van der Waals surface area contributed by atoms with E-state index in [-0.39, 0.29) is 5.91 Å². The molecule has 3 aromatic rings. The Morgan fingerprint density at radius 1 is 1.04 bits per heavy atom. The highest BCUT2D eigenvalue weighted by Crippen LogP contribution is 2.22. The number of aryl methyl sites for hydroxylation is 1. The van der Waals surface area contributed by atoms with Gasteiger partial charge in [-0.15, -0.1) is 0 Å². The fourth-order valence-electron chi connectivity index (χ4n) is 3.15. The average molecular weight is 362 g/mol. The van der Waals surface area contributed by atoms with Crippen molar-refractivity contribution in [1.82, 2.24) is 14.7 Å². The molecule has 1 aromatic heterocycles. The lowest BCUT2D eigenvalue weighted by atomic mass is 10.2. The summed E-state index contributed by atoms with van der Waals surface area (Å²) in [5.41, 5.74) is 4.72. The Hall–Kier alpha value is -2.92. The van der Waals surface area contributed by atoms with Gasteiger partial charge in [-0.25, -0.2) is 4.68 Å². The summed E-state index contributed by atoms with van der Waals surface area (Å²) in [6.07, 6.45) is 0. The summed E-state index contributed by atoms with van der Waals surface area (Å²) in [5, 5.41) is 7.64. The van der Waals surface area contributed by atoms with Crippen LogP contribution in [0.2, 0.25) is 0 Å². The van der Waals surface area contributed by atoms with Gasteiger partial charge in [0, 0.05) is 6.54 Å². The molecule has 0 fully saturated rings. The molecule has 0 unspecified atom stereocenters. The predicted octanol–water partition coefficient (Wildman–Crippen LogP) is 3.95. The van der Waals surface area contributed by atoms with Crippen molar-refractivity contribution >= 4 is 11.6 Å². The molecule has 2 aromatic carbocycles. The lowest BCUT2D eigenvalue weighted by Gasteiger charge is -2.20. The SMILES string of the molecule is CCN(CC(=O)Nc1c(C)nn(-c2ccccc2)c1C)Cc1ccccc1. The van der Waals surface area contributed by atoms with Gasteiger partial charge in [0.15, 0.2) is 0 Å². The molecule has 0 aliphatic heterocycles. The number of nitrogens with zero attached hydrogens (tertiary/aromatic N) is 3. The Morgan fingerprint density at radius 2 is 1.67 bits per heavy atom. The Labute approximate surface area is 160 Å². The monoisotopic (exact) mass is 362 g/mol. The Morgan fingerprint density at radius 3 is 2.30 bits per heavy atom. The van der Waals surface area contributed by atoms with Crippen LogP contribution in [0, 0.1) is 13.8 Å². The quantitative estimate of drug-likeness (QED) is 0.692. The van der Waals surface area contributed by atoms with Crippen LogP contribution in [0.15, 0.2) is 60.7 Å². The summed E-state index contributed by atoms with van der Waals surface area (Å²) in [4.78, 5) is 14.8. The minimum absolute atomic E-state index is 0.0217. The highest BCUT2D eigenvalue weighted by molar-refractivity contribution is 5.93. The maximum atomic E-state index is 12.6. The van der Waals surface area contributed by atoms with Gasteiger partial charge in [-0.3, -0.25) is 9.69 Å². The summed E-state index contributed by atoms with van der Waals surface area (Å²) in [6.45, 7) is 7.88. The number of hydrogen-bond donors (Lipinski definition) is 1.